The summed E-state index contributed by atoms with van der Waals surface area (Å²) < 4.78 is 0. The van der Waals surface area contributed by atoms with Crippen molar-refractivity contribution in [2.75, 3.05) is 11.1 Å². The summed E-state index contributed by atoms with van der Waals surface area (Å²) in [6.07, 6.45) is 2.44. The molecule has 3 rings (SSSR count). The first kappa shape index (κ1) is 7.99. The van der Waals surface area contributed by atoms with Crippen LogP contribution in [0.5, 0.6) is 0 Å². The minimum Gasteiger partial charge on any atom is -0.383 e. The third kappa shape index (κ3) is 1.29. The summed E-state index contributed by atoms with van der Waals surface area (Å²) in [5.41, 5.74) is 7.94. The van der Waals surface area contributed by atoms with Gasteiger partial charge in [-0.25, -0.2) is 4.98 Å². The predicted octanol–water partition coefficient (Wildman–Crippen LogP) is 0.236. The van der Waals surface area contributed by atoms with E-state index in [1.54, 1.807) is 0 Å². The number of nitrogens with two attached hydrogens (primary N) is 1. The number of anilines is 2. The maximum absolute atomic E-state index is 5.84. The first-order valence-electron chi connectivity index (χ1n) is 4.95. The van der Waals surface area contributed by atoms with Crippen molar-refractivity contribution in [3.8, 4) is 0 Å². The number of hydrogen-bond acceptors (Lipinski definition) is 5. The fourth-order valence-electron chi connectivity index (χ4n) is 1.67. The highest BCUT2D eigenvalue weighted by molar-refractivity contribution is 5.49. The molecule has 1 aliphatic heterocycles. The number of rotatable bonds is 2. The van der Waals surface area contributed by atoms with Crippen molar-refractivity contribution < 1.29 is 0 Å². The third-order valence-electron chi connectivity index (χ3n) is 2.63. The summed E-state index contributed by atoms with van der Waals surface area (Å²) in [5.74, 6) is 1.30. The Labute approximate surface area is 82.1 Å². The van der Waals surface area contributed by atoms with Crippen LogP contribution in [0.1, 0.15) is 24.1 Å². The van der Waals surface area contributed by atoms with Gasteiger partial charge in [-0.2, -0.15) is 4.98 Å². The Bertz CT molecular complexity index is 372. The molecule has 2 heterocycles. The fraction of sp³-hybridized carbons (Fsp3) is 0.556. The van der Waals surface area contributed by atoms with Crippen LogP contribution in [0.15, 0.2) is 0 Å². The van der Waals surface area contributed by atoms with Gasteiger partial charge in [0.25, 0.3) is 0 Å². The lowest BCUT2D eigenvalue weighted by atomic mass is 10.2. The Morgan fingerprint density at radius 2 is 2.14 bits per heavy atom. The van der Waals surface area contributed by atoms with E-state index in [2.05, 4.69) is 20.6 Å². The zero-order valence-corrected chi connectivity index (χ0v) is 7.88. The zero-order valence-electron chi connectivity index (χ0n) is 7.88. The van der Waals surface area contributed by atoms with E-state index in [9.17, 15) is 0 Å². The van der Waals surface area contributed by atoms with Crippen LogP contribution in [-0.2, 0) is 13.1 Å². The van der Waals surface area contributed by atoms with E-state index in [0.29, 0.717) is 17.8 Å². The Kier molecular flexibility index (Phi) is 1.61. The van der Waals surface area contributed by atoms with Gasteiger partial charge in [0.15, 0.2) is 0 Å². The third-order valence-corrected chi connectivity index (χ3v) is 2.63. The Morgan fingerprint density at radius 1 is 1.29 bits per heavy atom. The van der Waals surface area contributed by atoms with Gasteiger partial charge >= 0.3 is 0 Å². The molecule has 0 radical (unpaired) electrons. The van der Waals surface area contributed by atoms with Gasteiger partial charge < -0.3 is 16.4 Å². The van der Waals surface area contributed by atoms with Gasteiger partial charge in [-0.15, -0.1) is 0 Å². The van der Waals surface area contributed by atoms with Crippen LogP contribution < -0.4 is 16.4 Å². The van der Waals surface area contributed by atoms with Crippen molar-refractivity contribution in [2.24, 2.45) is 0 Å². The molecular formula is C9H13N5. The van der Waals surface area contributed by atoms with Crippen molar-refractivity contribution in [1.29, 1.82) is 0 Å². The van der Waals surface area contributed by atoms with E-state index in [1.165, 1.54) is 12.8 Å². The second-order valence-electron chi connectivity index (χ2n) is 3.88. The maximum Gasteiger partial charge on any atom is 0.225 e. The monoisotopic (exact) mass is 191 g/mol. The molecule has 0 unspecified atom stereocenters. The topological polar surface area (TPSA) is 75.9 Å². The number of nitrogens with zero attached hydrogens (tertiary/aromatic N) is 2. The molecule has 1 fully saturated rings. The average molecular weight is 191 g/mol. The second-order valence-corrected chi connectivity index (χ2v) is 3.88. The van der Waals surface area contributed by atoms with E-state index < -0.39 is 0 Å². The Hall–Kier alpha value is -1.36. The van der Waals surface area contributed by atoms with E-state index in [-0.39, 0.29) is 0 Å². The van der Waals surface area contributed by atoms with Crippen LogP contribution in [0.25, 0.3) is 0 Å². The normalized spacial score (nSPS) is 19.4. The summed E-state index contributed by atoms with van der Waals surface area (Å²) in [6, 6.07) is 0.571. The van der Waals surface area contributed by atoms with Gasteiger partial charge in [0.1, 0.15) is 5.82 Å². The average Bonchev–Trinajstić information content (AvgIpc) is 2.82. The van der Waals surface area contributed by atoms with Gasteiger partial charge in [0.05, 0.1) is 5.69 Å². The van der Waals surface area contributed by atoms with Crippen LogP contribution in [0.2, 0.25) is 0 Å². The maximum atomic E-state index is 5.84. The summed E-state index contributed by atoms with van der Waals surface area (Å²) in [4.78, 5) is 8.67. The van der Waals surface area contributed by atoms with Crippen LogP contribution in [0.4, 0.5) is 11.8 Å². The molecule has 0 amide bonds. The van der Waals surface area contributed by atoms with Crippen LogP contribution >= 0.6 is 0 Å². The molecule has 0 spiro atoms. The summed E-state index contributed by atoms with van der Waals surface area (Å²) in [5, 5.41) is 6.47. The summed E-state index contributed by atoms with van der Waals surface area (Å²) in [6.45, 7) is 1.60. The SMILES string of the molecule is Nc1nc(NC2CC2)nc2c1CNC2. The van der Waals surface area contributed by atoms with Crippen molar-refractivity contribution in [3.05, 3.63) is 11.3 Å². The van der Waals surface area contributed by atoms with Crippen molar-refractivity contribution in [1.82, 2.24) is 15.3 Å². The van der Waals surface area contributed by atoms with Gasteiger partial charge in [0, 0.05) is 24.7 Å². The second kappa shape index (κ2) is 2.81. The molecule has 0 bridgehead atoms. The van der Waals surface area contributed by atoms with E-state index >= 15 is 0 Å². The lowest BCUT2D eigenvalue weighted by molar-refractivity contribution is 0.758. The number of aromatic nitrogens is 2. The van der Waals surface area contributed by atoms with Gasteiger partial charge in [-0.3, -0.25) is 0 Å². The van der Waals surface area contributed by atoms with Crippen molar-refractivity contribution in [2.45, 2.75) is 32.0 Å². The van der Waals surface area contributed by atoms with Gasteiger partial charge in [-0.1, -0.05) is 0 Å². The summed E-state index contributed by atoms with van der Waals surface area (Å²) >= 11 is 0. The fourth-order valence-corrected chi connectivity index (χ4v) is 1.67. The lowest BCUT2D eigenvalue weighted by Gasteiger charge is -2.06. The zero-order chi connectivity index (χ0) is 9.54. The van der Waals surface area contributed by atoms with Crippen LogP contribution in [-0.4, -0.2) is 16.0 Å². The summed E-state index contributed by atoms with van der Waals surface area (Å²) in [7, 11) is 0. The predicted molar refractivity (Wildman–Crippen MR) is 53.6 cm³/mol. The van der Waals surface area contributed by atoms with Crippen LogP contribution in [0, 0.1) is 0 Å². The molecule has 2 aliphatic rings. The molecule has 14 heavy (non-hydrogen) atoms. The first-order valence-corrected chi connectivity index (χ1v) is 4.95. The molecule has 1 aliphatic carbocycles. The first-order chi connectivity index (χ1) is 6.83. The number of fused-ring (bicyclic) bond motifs is 1. The Balaban J connectivity index is 1.94. The van der Waals surface area contributed by atoms with Gasteiger partial charge in [-0.05, 0) is 12.8 Å². The molecule has 0 atom stereocenters. The largest absolute Gasteiger partial charge is 0.383 e. The molecule has 0 aromatic carbocycles. The van der Waals surface area contributed by atoms with E-state index in [0.717, 1.165) is 24.3 Å². The highest BCUT2D eigenvalue weighted by atomic mass is 15.2. The minimum atomic E-state index is 0.571. The lowest BCUT2D eigenvalue weighted by Crippen LogP contribution is -2.09. The molecule has 74 valence electrons. The van der Waals surface area contributed by atoms with E-state index in [1.807, 2.05) is 0 Å². The standard InChI is InChI=1S/C9H13N5/c10-8-6-3-11-4-7(6)13-9(14-8)12-5-1-2-5/h5,11H,1-4H2,(H3,10,12,13,14). The molecule has 0 saturated heterocycles. The number of hydrogen-bond donors (Lipinski definition) is 3. The highest BCUT2D eigenvalue weighted by Crippen LogP contribution is 2.25. The number of nitrogen functional groups attached to an aromatic ring is 1. The molecule has 1 aromatic heterocycles. The number of nitrogens with one attached hydrogen (secondary N) is 2. The molecular weight excluding hydrogens is 178 g/mol. The van der Waals surface area contributed by atoms with Gasteiger partial charge in [0.2, 0.25) is 5.95 Å². The smallest absolute Gasteiger partial charge is 0.225 e. The minimum absolute atomic E-state index is 0.571. The molecule has 5 nitrogen and oxygen atoms in total. The quantitative estimate of drug-likeness (QED) is 0.624. The molecule has 4 N–H and O–H groups in total. The van der Waals surface area contributed by atoms with E-state index in [4.69, 9.17) is 5.73 Å². The Morgan fingerprint density at radius 3 is 2.93 bits per heavy atom. The molecule has 1 saturated carbocycles. The highest BCUT2D eigenvalue weighted by Gasteiger charge is 2.23. The molecule has 1 aromatic rings. The van der Waals surface area contributed by atoms with Crippen molar-refractivity contribution >= 4 is 11.8 Å². The molecule has 5 heteroatoms. The van der Waals surface area contributed by atoms with Crippen molar-refractivity contribution in [3.63, 3.8) is 0 Å². The van der Waals surface area contributed by atoms with Crippen LogP contribution in [0.3, 0.4) is 0 Å².